The first kappa shape index (κ1) is 68.0. The number of rotatable bonds is 56. The van der Waals surface area contributed by atoms with E-state index in [-0.39, 0.29) is 19.1 Å². The molecule has 3 atom stereocenters. The number of allylic oxidation sites excluding steroid dienone is 3. The zero-order chi connectivity index (χ0) is 50.6. The SMILES string of the molecule is CCCCCCCC/C=C\CCCCCCCCCC(=O)NC(COP(=O)([O-])OCC[N+](C)(C)C)C(O)/C=C/CCCCCCCCCCCCCCCCCCCCCCCCCCCCCC. The molecule has 0 radical (unpaired) electrons. The van der Waals surface area contributed by atoms with Crippen molar-refractivity contribution in [3.63, 3.8) is 0 Å². The van der Waals surface area contributed by atoms with Gasteiger partial charge in [0, 0.05) is 6.42 Å². The molecule has 0 aromatic carbocycles. The Morgan fingerprint density at radius 3 is 1.13 bits per heavy atom. The predicted molar refractivity (Wildman–Crippen MR) is 298 cm³/mol. The third-order valence-corrected chi connectivity index (χ3v) is 14.9. The second-order valence-corrected chi connectivity index (χ2v) is 23.5. The topological polar surface area (TPSA) is 108 Å². The fourth-order valence-corrected chi connectivity index (χ4v) is 9.87. The van der Waals surface area contributed by atoms with Gasteiger partial charge in [-0.2, -0.15) is 0 Å². The van der Waals surface area contributed by atoms with Gasteiger partial charge < -0.3 is 28.8 Å². The van der Waals surface area contributed by atoms with E-state index in [4.69, 9.17) is 9.05 Å². The lowest BCUT2D eigenvalue weighted by atomic mass is 10.0. The predicted octanol–water partition coefficient (Wildman–Crippen LogP) is 17.7. The molecule has 3 unspecified atom stereocenters. The van der Waals surface area contributed by atoms with Crippen LogP contribution in [0.5, 0.6) is 0 Å². The molecular weight excluding hydrogens is 876 g/mol. The number of quaternary nitrogens is 1. The summed E-state index contributed by atoms with van der Waals surface area (Å²) in [7, 11) is 1.27. The second kappa shape index (κ2) is 51.9. The number of hydrogen-bond acceptors (Lipinski definition) is 6. The summed E-state index contributed by atoms with van der Waals surface area (Å²) >= 11 is 0. The van der Waals surface area contributed by atoms with Gasteiger partial charge in [0.05, 0.1) is 39.9 Å². The zero-order valence-corrected chi connectivity index (χ0v) is 47.7. The van der Waals surface area contributed by atoms with E-state index < -0.39 is 20.0 Å². The average molecular weight is 996 g/mol. The highest BCUT2D eigenvalue weighted by Gasteiger charge is 2.23. The molecule has 0 heterocycles. The quantitative estimate of drug-likeness (QED) is 0.0272. The molecule has 0 saturated heterocycles. The normalized spacial score (nSPS) is 14.0. The highest BCUT2D eigenvalue weighted by molar-refractivity contribution is 7.45. The van der Waals surface area contributed by atoms with Crippen LogP contribution in [-0.2, 0) is 18.4 Å². The van der Waals surface area contributed by atoms with Gasteiger partial charge in [0.2, 0.25) is 5.91 Å². The molecule has 0 aliphatic carbocycles. The maximum Gasteiger partial charge on any atom is 0.268 e. The van der Waals surface area contributed by atoms with E-state index in [0.29, 0.717) is 17.4 Å². The van der Waals surface area contributed by atoms with Crippen molar-refractivity contribution in [1.82, 2.24) is 5.32 Å². The van der Waals surface area contributed by atoms with Gasteiger partial charge in [0.15, 0.2) is 0 Å². The van der Waals surface area contributed by atoms with E-state index in [1.165, 1.54) is 244 Å². The molecule has 0 aromatic rings. The Morgan fingerprint density at radius 2 is 0.797 bits per heavy atom. The van der Waals surface area contributed by atoms with Crippen LogP contribution in [0.3, 0.4) is 0 Å². The molecule has 0 rings (SSSR count). The van der Waals surface area contributed by atoms with E-state index in [0.717, 1.165) is 38.5 Å². The Morgan fingerprint density at radius 1 is 0.493 bits per heavy atom. The molecule has 0 spiro atoms. The summed E-state index contributed by atoms with van der Waals surface area (Å²) in [5, 5.41) is 13.9. The number of aliphatic hydroxyl groups excluding tert-OH is 1. The number of nitrogens with zero attached hydrogens (tertiary/aromatic N) is 1. The Hall–Kier alpha value is -1.02. The zero-order valence-electron chi connectivity index (χ0n) is 46.8. The van der Waals surface area contributed by atoms with Gasteiger partial charge in [-0.3, -0.25) is 9.36 Å². The minimum atomic E-state index is -4.60. The maximum atomic E-state index is 12.9. The largest absolute Gasteiger partial charge is 0.756 e. The van der Waals surface area contributed by atoms with Gasteiger partial charge >= 0.3 is 0 Å². The third-order valence-electron chi connectivity index (χ3n) is 13.9. The number of nitrogens with one attached hydrogen (secondary N) is 1. The van der Waals surface area contributed by atoms with Gasteiger partial charge in [0.25, 0.3) is 7.82 Å². The van der Waals surface area contributed by atoms with Crippen LogP contribution >= 0.6 is 7.82 Å². The van der Waals surface area contributed by atoms with Crippen LogP contribution in [0, 0.1) is 0 Å². The molecule has 0 aliphatic rings. The lowest BCUT2D eigenvalue weighted by molar-refractivity contribution is -0.870. The van der Waals surface area contributed by atoms with Gasteiger partial charge in [-0.1, -0.05) is 276 Å². The smallest absolute Gasteiger partial charge is 0.268 e. The summed E-state index contributed by atoms with van der Waals surface area (Å²) < 4.78 is 23.4. The number of unbranched alkanes of at least 4 members (excludes halogenated alkanes) is 41. The standard InChI is InChI=1S/C60H119N2O6P/c1-6-8-10-12-14-16-18-20-22-24-25-26-27-28-29-30-31-32-33-34-35-36-38-39-41-43-45-47-49-51-53-59(63)58(57-68-69(65,66)67-56-55-62(3,4)5)61-60(64)54-52-50-48-46-44-42-40-37-23-21-19-17-15-13-11-9-7-2/h21,23,51,53,58-59,63H,6-20,22,24-50,52,54-57H2,1-5H3,(H-,61,64,65,66)/b23-21-,53-51+. The number of phosphoric acid groups is 1. The Kier molecular flexibility index (Phi) is 51.1. The summed E-state index contributed by atoms with van der Waals surface area (Å²) in [6, 6.07) is -0.887. The fourth-order valence-electron chi connectivity index (χ4n) is 9.15. The minimum absolute atomic E-state index is 0.000213. The molecule has 410 valence electrons. The molecule has 0 saturated carbocycles. The number of likely N-dealkylation sites (N-methyl/N-ethyl adjacent to an activating group) is 1. The molecular formula is C60H119N2O6P. The molecule has 0 bridgehead atoms. The molecule has 0 aromatic heterocycles. The van der Waals surface area contributed by atoms with Crippen molar-refractivity contribution < 1.29 is 32.9 Å². The monoisotopic (exact) mass is 995 g/mol. The number of amides is 1. The lowest BCUT2D eigenvalue weighted by Gasteiger charge is -2.29. The summed E-state index contributed by atoms with van der Waals surface area (Å²) in [4.78, 5) is 25.5. The maximum absolute atomic E-state index is 12.9. The molecule has 0 aliphatic heterocycles. The van der Waals surface area contributed by atoms with Crippen molar-refractivity contribution in [3.05, 3.63) is 24.3 Å². The summed E-state index contributed by atoms with van der Waals surface area (Å²) in [6.45, 7) is 4.68. The van der Waals surface area contributed by atoms with Crippen LogP contribution in [-0.4, -0.2) is 68.5 Å². The molecule has 69 heavy (non-hydrogen) atoms. The highest BCUT2D eigenvalue weighted by atomic mass is 31.2. The Bertz CT molecular complexity index is 1170. The fraction of sp³-hybridized carbons (Fsp3) is 0.917. The summed E-state index contributed by atoms with van der Waals surface area (Å²) in [5.41, 5.74) is 0. The molecule has 8 nitrogen and oxygen atoms in total. The molecule has 2 N–H and O–H groups in total. The van der Waals surface area contributed by atoms with Crippen LogP contribution in [0.15, 0.2) is 24.3 Å². The van der Waals surface area contributed by atoms with Crippen molar-refractivity contribution in [3.8, 4) is 0 Å². The second-order valence-electron chi connectivity index (χ2n) is 22.1. The van der Waals surface area contributed by atoms with Gasteiger partial charge in [-0.15, -0.1) is 0 Å². The Balaban J connectivity index is 4.10. The molecule has 9 heteroatoms. The van der Waals surface area contributed by atoms with Crippen molar-refractivity contribution in [2.75, 3.05) is 40.9 Å². The highest BCUT2D eigenvalue weighted by Crippen LogP contribution is 2.38. The lowest BCUT2D eigenvalue weighted by Crippen LogP contribution is -2.45. The van der Waals surface area contributed by atoms with Crippen LogP contribution < -0.4 is 10.2 Å². The van der Waals surface area contributed by atoms with E-state index in [2.05, 4.69) is 31.3 Å². The first-order valence-corrected chi connectivity index (χ1v) is 31.7. The van der Waals surface area contributed by atoms with Gasteiger partial charge in [0.1, 0.15) is 13.2 Å². The number of phosphoric ester groups is 1. The number of carbonyl (C=O) groups is 1. The van der Waals surface area contributed by atoms with Crippen LogP contribution in [0.1, 0.15) is 303 Å². The van der Waals surface area contributed by atoms with Crippen LogP contribution in [0.25, 0.3) is 0 Å². The average Bonchev–Trinajstić information content (AvgIpc) is 3.31. The number of aliphatic hydroxyl groups is 1. The van der Waals surface area contributed by atoms with Crippen molar-refractivity contribution in [2.45, 2.75) is 315 Å². The third kappa shape index (κ3) is 54.6. The summed E-state index contributed by atoms with van der Waals surface area (Å²) in [6.07, 6.45) is 65.5. The molecule has 0 fully saturated rings. The van der Waals surface area contributed by atoms with Crippen LogP contribution in [0.4, 0.5) is 0 Å². The van der Waals surface area contributed by atoms with Crippen LogP contribution in [0.2, 0.25) is 0 Å². The minimum Gasteiger partial charge on any atom is -0.756 e. The van der Waals surface area contributed by atoms with Crippen molar-refractivity contribution >= 4 is 13.7 Å². The number of carbonyl (C=O) groups excluding carboxylic acids is 1. The van der Waals surface area contributed by atoms with Crippen molar-refractivity contribution in [2.24, 2.45) is 0 Å². The van der Waals surface area contributed by atoms with Crippen molar-refractivity contribution in [1.29, 1.82) is 0 Å². The van der Waals surface area contributed by atoms with Gasteiger partial charge in [-0.05, 0) is 44.9 Å². The first-order valence-electron chi connectivity index (χ1n) is 30.2. The Labute approximate surface area is 430 Å². The van der Waals surface area contributed by atoms with E-state index in [1.54, 1.807) is 6.08 Å². The number of hydrogen-bond donors (Lipinski definition) is 2. The molecule has 1 amide bonds. The van der Waals surface area contributed by atoms with E-state index in [1.807, 2.05) is 27.2 Å². The van der Waals surface area contributed by atoms with E-state index >= 15 is 0 Å². The summed E-state index contributed by atoms with van der Waals surface area (Å²) in [5.74, 6) is -0.198. The van der Waals surface area contributed by atoms with Gasteiger partial charge in [-0.25, -0.2) is 0 Å². The first-order chi connectivity index (χ1) is 33.5. The van der Waals surface area contributed by atoms with E-state index in [9.17, 15) is 19.4 Å².